The number of benzene rings is 4. The summed E-state index contributed by atoms with van der Waals surface area (Å²) in [5.74, 6) is 1.04. The Morgan fingerprint density at radius 2 is 0.789 bits per heavy atom. The molecule has 12 aromatic rings. The fraction of sp³-hybridized carbons (Fsp3) is 0.341. The highest BCUT2D eigenvalue weighted by atomic mass is 79.9. The molecule has 2 fully saturated rings. The average Bonchev–Trinajstić information content (AvgIpc) is 1.52. The molecule has 2 saturated heterocycles. The number of piperidine rings is 2. The van der Waals surface area contributed by atoms with Crippen LogP contribution in [0.25, 0.3) is 40.9 Å². The largest absolute Gasteiger partial charge is 0.444 e. The van der Waals surface area contributed by atoms with Crippen molar-refractivity contribution in [2.75, 3.05) is 36.0 Å². The number of halogens is 3. The smallest absolute Gasteiger partial charge is 0.407 e. The molecule has 0 aliphatic carbocycles. The molecule has 2 aliphatic heterocycles. The number of alkyl carbamates (subject to hydrolysis) is 2. The molecule has 2 amide bonds. The molecular formula is C82H81BrCl2N16O9S4. The number of hydrogen-bond acceptors (Lipinski definition) is 23. The lowest BCUT2D eigenvalue weighted by molar-refractivity contribution is 0.0488. The minimum atomic E-state index is -0.594. The van der Waals surface area contributed by atoms with Crippen molar-refractivity contribution in [3.63, 3.8) is 0 Å². The average molecular weight is 1710 g/mol. The number of alkyl halides is 1. The fourth-order valence-corrected chi connectivity index (χ4v) is 17.7. The van der Waals surface area contributed by atoms with E-state index >= 15 is 0 Å². The number of aromatic nitrogens is 8. The van der Waals surface area contributed by atoms with Crippen LogP contribution in [0.1, 0.15) is 145 Å². The number of nitrogens with zero attached hydrogens (tertiary/aromatic N) is 14. The summed E-state index contributed by atoms with van der Waals surface area (Å²) in [6.07, 6.45) is 4.01. The van der Waals surface area contributed by atoms with Gasteiger partial charge in [0.25, 0.3) is 22.2 Å². The van der Waals surface area contributed by atoms with Gasteiger partial charge in [-0.2, -0.15) is 21.0 Å². The Labute approximate surface area is 691 Å². The fourth-order valence-electron chi connectivity index (χ4n) is 13.0. The summed E-state index contributed by atoms with van der Waals surface area (Å²) in [7, 11) is 0. The van der Waals surface area contributed by atoms with Gasteiger partial charge >= 0.3 is 12.2 Å². The summed E-state index contributed by atoms with van der Waals surface area (Å²) in [6, 6.07) is 44.7. The number of aryl methyl sites for hydroxylation is 2. The van der Waals surface area contributed by atoms with E-state index < -0.39 is 23.4 Å². The number of nitriles is 4. The zero-order valence-electron chi connectivity index (χ0n) is 63.8. The topological polar surface area (TPSA) is 338 Å². The number of thiophene rings is 4. The highest BCUT2D eigenvalue weighted by Crippen LogP contribution is 2.32. The van der Waals surface area contributed by atoms with Gasteiger partial charge in [-0.25, -0.2) is 29.5 Å². The predicted octanol–water partition coefficient (Wildman–Crippen LogP) is 15.3. The molecule has 10 heterocycles. The molecule has 32 heteroatoms. The molecule has 25 nitrogen and oxygen atoms in total. The van der Waals surface area contributed by atoms with Crippen LogP contribution in [0.5, 0.6) is 0 Å². The van der Waals surface area contributed by atoms with Crippen LogP contribution in [-0.2, 0) is 60.4 Å². The van der Waals surface area contributed by atoms with Gasteiger partial charge in [0.05, 0.1) is 101 Å². The highest BCUT2D eigenvalue weighted by Gasteiger charge is 2.31. The maximum atomic E-state index is 13.7. The standard InChI is InChI=1S/C26H31N5O3S.C25H29N5O4S.C16H12ClN3OS.C15H9BrClN3OS/c1-5-20-13-21-22(35-20)23(32)31(15-18-10-7-6-9-17(18)14-27)24(29-21)30-12-8-11-19(16-30)28-25(33)34-26(2,3)4;1-25(2,3)34-24(33)27-18-9-6-10-29(14-18)23-28-20-11-19(15-31)35-21(20)22(32)30(23)13-17-8-5-4-7-16(17)12-26;1-2-12-7-13-14(22-12)15(21)20(16(17)19-13)9-11-6-4-3-5-10(11)8-18;16-6-11-5-12-13(22-11)14(21)20(15(17)19-12)8-10-4-2-1-3-9(10)7-18/h6-7,9-10,13,19H,5,8,11-12,15-16H2,1-4H3,(H,28,33);4-5,7-8,11,18,31H,6,9-10,13-15H2,1-3H3,(H,27,33);3-7H,2,9H2,1H3;1-5H,6,8H2/t;18-;;/m.1../s1. The van der Waals surface area contributed by atoms with E-state index in [1.807, 2.05) is 126 Å². The third kappa shape index (κ3) is 20.5. The second-order valence-electron chi connectivity index (χ2n) is 28.8. The summed E-state index contributed by atoms with van der Waals surface area (Å²) >= 11 is 21.3. The minimum Gasteiger partial charge on any atom is -0.444 e. The Kier molecular flexibility index (Phi) is 27.8. The van der Waals surface area contributed by atoms with Gasteiger partial charge in [0.2, 0.25) is 22.5 Å². The zero-order chi connectivity index (χ0) is 81.7. The lowest BCUT2D eigenvalue weighted by Gasteiger charge is -2.35. The molecule has 2 aliphatic rings. The van der Waals surface area contributed by atoms with E-state index in [4.69, 9.17) is 53.2 Å². The molecule has 14 rings (SSSR count). The third-order valence-electron chi connectivity index (χ3n) is 18.3. The number of nitrogens with one attached hydrogen (secondary N) is 2. The van der Waals surface area contributed by atoms with Gasteiger partial charge in [-0.1, -0.05) is 103 Å². The first-order valence-electron chi connectivity index (χ1n) is 36.7. The van der Waals surface area contributed by atoms with Crippen molar-refractivity contribution in [3.05, 3.63) is 237 Å². The molecule has 8 aromatic heterocycles. The summed E-state index contributed by atoms with van der Waals surface area (Å²) in [6.45, 7) is 18.2. The molecule has 2 atom stereocenters. The molecule has 114 heavy (non-hydrogen) atoms. The van der Waals surface area contributed by atoms with Crippen LogP contribution < -0.4 is 42.7 Å². The molecule has 0 bridgehead atoms. The SMILES string of the molecule is CC(C)(C)OC(=O)N[C@@H]1CCCN(c2nc3cc(CO)sc3c(=O)n2Cc2ccccc2C#N)C1.CCc1cc2nc(Cl)n(Cc3ccccc3C#N)c(=O)c2s1.CCc1cc2nc(N3CCCC(NC(=O)OC(C)(C)C)C3)n(Cc3ccccc3C#N)c(=O)c2s1.N#Cc1ccccc1Cn1c(Cl)nc2cc(CBr)sc2c1=O. The van der Waals surface area contributed by atoms with Crippen molar-refractivity contribution >= 4 is 149 Å². The molecule has 0 radical (unpaired) electrons. The second-order valence-corrected chi connectivity index (χ2v) is 34.6. The summed E-state index contributed by atoms with van der Waals surface area (Å²) in [5.41, 5.74) is 5.72. The number of aliphatic hydroxyl groups is 1. The number of hydrogen-bond donors (Lipinski definition) is 3. The number of anilines is 2. The van der Waals surface area contributed by atoms with Crippen molar-refractivity contribution < 1.29 is 24.2 Å². The van der Waals surface area contributed by atoms with Gasteiger partial charge in [-0.3, -0.25) is 37.4 Å². The van der Waals surface area contributed by atoms with E-state index in [-0.39, 0.29) is 77.7 Å². The Morgan fingerprint density at radius 1 is 0.491 bits per heavy atom. The number of amides is 2. The maximum absolute atomic E-state index is 13.7. The van der Waals surface area contributed by atoms with E-state index in [0.717, 1.165) is 82.0 Å². The molecule has 3 N–H and O–H groups in total. The number of fused-ring (bicyclic) bond motifs is 4. The van der Waals surface area contributed by atoms with Gasteiger partial charge in [-0.15, -0.1) is 45.3 Å². The van der Waals surface area contributed by atoms with Crippen LogP contribution in [0.4, 0.5) is 21.5 Å². The van der Waals surface area contributed by atoms with Crippen LogP contribution in [0, 0.1) is 45.3 Å². The van der Waals surface area contributed by atoms with Crippen LogP contribution in [-0.4, -0.2) is 105 Å². The first-order valence-corrected chi connectivity index (χ1v) is 41.8. The first-order chi connectivity index (χ1) is 54.6. The van der Waals surface area contributed by atoms with Gasteiger partial charge in [0.15, 0.2) is 0 Å². The Morgan fingerprint density at radius 3 is 1.11 bits per heavy atom. The molecule has 1 unspecified atom stereocenters. The Balaban J connectivity index is 0.000000153. The van der Waals surface area contributed by atoms with Crippen molar-refractivity contribution in [1.82, 2.24) is 48.8 Å². The van der Waals surface area contributed by atoms with E-state index in [9.17, 15) is 44.4 Å². The predicted molar refractivity (Wildman–Crippen MR) is 453 cm³/mol. The molecular weight excluding hydrogens is 1630 g/mol. The zero-order valence-corrected chi connectivity index (χ0v) is 70.1. The number of carbonyl (C=O) groups is 2. The summed E-state index contributed by atoms with van der Waals surface area (Å²) < 4.78 is 19.2. The lowest BCUT2D eigenvalue weighted by Crippen LogP contribution is -2.50. The van der Waals surface area contributed by atoms with E-state index in [0.29, 0.717) is 105 Å². The van der Waals surface area contributed by atoms with Gasteiger partial charge in [0.1, 0.15) is 30.0 Å². The quantitative estimate of drug-likeness (QED) is 0.0597. The molecule has 0 saturated carbocycles. The molecule has 588 valence electrons. The van der Waals surface area contributed by atoms with Crippen molar-refractivity contribution in [3.8, 4) is 24.3 Å². The second kappa shape index (κ2) is 37.5. The first kappa shape index (κ1) is 84.3. The number of ether oxygens (including phenoxy) is 2. The maximum Gasteiger partial charge on any atom is 0.407 e. The van der Waals surface area contributed by atoms with Gasteiger partial charge in [-0.05, 0) is 174 Å². The summed E-state index contributed by atoms with van der Waals surface area (Å²) in [5, 5.41) is 53.9. The molecule has 4 aromatic carbocycles. The highest BCUT2D eigenvalue weighted by molar-refractivity contribution is 9.08. The minimum absolute atomic E-state index is 0.107. The van der Waals surface area contributed by atoms with Gasteiger partial charge < -0.3 is 35.0 Å². The van der Waals surface area contributed by atoms with E-state index in [2.05, 4.69) is 72.6 Å². The van der Waals surface area contributed by atoms with Crippen molar-refractivity contribution in [1.29, 1.82) is 21.0 Å². The van der Waals surface area contributed by atoms with Crippen LogP contribution in [0.2, 0.25) is 10.6 Å². The Hall–Kier alpha value is -10.6. The monoisotopic (exact) mass is 1710 g/mol. The van der Waals surface area contributed by atoms with Crippen molar-refractivity contribution in [2.45, 2.75) is 155 Å². The van der Waals surface area contributed by atoms with Crippen LogP contribution in [0.3, 0.4) is 0 Å². The molecule has 0 spiro atoms. The number of rotatable bonds is 16. The Bertz CT molecular complexity index is 5660. The number of aliphatic hydroxyl groups excluding tert-OH is 1. The van der Waals surface area contributed by atoms with Crippen LogP contribution in [0.15, 0.2) is 141 Å². The lowest BCUT2D eigenvalue weighted by atomic mass is 10.1. The van der Waals surface area contributed by atoms with Gasteiger partial charge in [0, 0.05) is 63.1 Å². The van der Waals surface area contributed by atoms with Crippen molar-refractivity contribution in [2.24, 2.45) is 0 Å². The van der Waals surface area contributed by atoms with E-state index in [1.165, 1.54) is 54.5 Å². The van der Waals surface area contributed by atoms with Crippen LogP contribution >= 0.6 is 84.5 Å². The normalized spacial score (nSPS) is 14.1. The number of carbonyl (C=O) groups excluding carboxylic acids is 2. The third-order valence-corrected chi connectivity index (χ3v) is 24.6. The van der Waals surface area contributed by atoms with E-state index in [1.54, 1.807) is 57.7 Å². The summed E-state index contributed by atoms with van der Waals surface area (Å²) in [4.78, 5) is 104.